The summed E-state index contributed by atoms with van der Waals surface area (Å²) in [6.07, 6.45) is 0. The van der Waals surface area contributed by atoms with Gasteiger partial charge in [-0.3, -0.25) is 9.20 Å². The van der Waals surface area contributed by atoms with Crippen LogP contribution in [0.4, 0.5) is 0 Å². The zero-order valence-electron chi connectivity index (χ0n) is 16.3. The monoisotopic (exact) mass is 458 g/mol. The Morgan fingerprint density at radius 2 is 1.86 bits per heavy atom. The highest BCUT2D eigenvalue weighted by molar-refractivity contribution is 9.11. The first-order valence-corrected chi connectivity index (χ1v) is 11.1. The zero-order chi connectivity index (χ0) is 19.8. The van der Waals surface area contributed by atoms with Crippen molar-refractivity contribution >= 4 is 49.9 Å². The van der Waals surface area contributed by atoms with Crippen LogP contribution in [-0.4, -0.2) is 44.3 Å². The van der Waals surface area contributed by atoms with E-state index in [9.17, 15) is 4.79 Å². The Balaban J connectivity index is 1.88. The molecule has 0 saturated heterocycles. The van der Waals surface area contributed by atoms with Gasteiger partial charge in [0.05, 0.1) is 25.4 Å². The van der Waals surface area contributed by atoms with Crippen LogP contribution in [0.25, 0.3) is 16.8 Å². The smallest absolute Gasteiger partial charge is 0.221 e. The highest BCUT2D eigenvalue weighted by Crippen LogP contribution is 2.29. The van der Waals surface area contributed by atoms with Gasteiger partial charge in [-0.2, -0.15) is 0 Å². The third kappa shape index (κ3) is 3.21. The van der Waals surface area contributed by atoms with E-state index in [0.29, 0.717) is 5.69 Å². The Morgan fingerprint density at radius 1 is 1.14 bits per heavy atom. The highest BCUT2D eigenvalue weighted by Gasteiger charge is 2.24. The van der Waals surface area contributed by atoms with Gasteiger partial charge < -0.3 is 9.47 Å². The largest absolute Gasteiger partial charge is 0.308 e. The Bertz CT molecular complexity index is 1150. The summed E-state index contributed by atoms with van der Waals surface area (Å²) in [4.78, 5) is 21.2. The van der Waals surface area contributed by atoms with Gasteiger partial charge in [0.1, 0.15) is 5.69 Å². The van der Waals surface area contributed by atoms with Crippen molar-refractivity contribution in [2.75, 3.05) is 19.6 Å². The number of aryl methyl sites for hydroxylation is 1. The van der Waals surface area contributed by atoms with E-state index >= 15 is 0 Å². The average molecular weight is 459 g/mol. The fourth-order valence-electron chi connectivity index (χ4n) is 3.73. The first-order valence-electron chi connectivity index (χ1n) is 9.53. The number of rotatable bonds is 7. The lowest BCUT2D eigenvalue weighted by Gasteiger charge is -2.18. The van der Waals surface area contributed by atoms with Crippen molar-refractivity contribution in [2.24, 2.45) is 0 Å². The van der Waals surface area contributed by atoms with Crippen molar-refractivity contribution in [3.8, 4) is 0 Å². The Labute approximate surface area is 176 Å². The van der Waals surface area contributed by atoms with Crippen LogP contribution in [0.15, 0.2) is 40.2 Å². The number of hydrogen-bond acceptors (Lipinski definition) is 4. The summed E-state index contributed by atoms with van der Waals surface area (Å²) in [6.45, 7) is 10.1. The molecule has 0 aliphatic rings. The molecule has 5 nitrogen and oxygen atoms in total. The molecule has 0 spiro atoms. The average Bonchev–Trinajstić information content (AvgIpc) is 3.35. The van der Waals surface area contributed by atoms with Crippen LogP contribution in [0, 0.1) is 6.92 Å². The maximum Gasteiger partial charge on any atom is 0.221 e. The topological polar surface area (TPSA) is 42.5 Å². The van der Waals surface area contributed by atoms with Crippen molar-refractivity contribution in [2.45, 2.75) is 27.3 Å². The molecule has 4 aromatic rings. The van der Waals surface area contributed by atoms with Gasteiger partial charge in [-0.15, -0.1) is 11.3 Å². The summed E-state index contributed by atoms with van der Waals surface area (Å²) in [5, 5.41) is 0. The van der Waals surface area contributed by atoms with E-state index in [4.69, 9.17) is 4.98 Å². The second-order valence-electron chi connectivity index (χ2n) is 6.78. The third-order valence-electron chi connectivity index (χ3n) is 5.24. The number of carbonyl (C=O) groups is 1. The molecule has 1 aromatic carbocycles. The number of fused-ring (bicyclic) bond motifs is 3. The molecule has 7 heteroatoms. The molecule has 146 valence electrons. The van der Waals surface area contributed by atoms with Crippen LogP contribution in [0.1, 0.15) is 34.9 Å². The van der Waals surface area contributed by atoms with Gasteiger partial charge in [-0.05, 0) is 60.2 Å². The van der Waals surface area contributed by atoms with E-state index < -0.39 is 0 Å². The number of halogens is 1. The molecule has 0 unspecified atom stereocenters. The van der Waals surface area contributed by atoms with Gasteiger partial charge in [0, 0.05) is 13.1 Å². The normalized spacial score (nSPS) is 11.9. The van der Waals surface area contributed by atoms with E-state index in [1.165, 1.54) is 11.3 Å². The predicted octanol–water partition coefficient (Wildman–Crippen LogP) is 4.99. The molecule has 0 N–H and O–H groups in total. The fraction of sp³-hybridized carbons (Fsp3) is 0.333. The molecular formula is C21H23BrN4OS. The fourth-order valence-corrected chi connectivity index (χ4v) is 5.06. The standard InChI is InChI=1S/C21H23BrN4OS/c1-4-24(5-2)12-13-25-15-8-6-7-9-16(15)26-19(14(3)23-21(25)26)20(27)17-10-11-18(22)28-17/h6-11H,4-5,12-13H2,1-3H3. The summed E-state index contributed by atoms with van der Waals surface area (Å²) in [6, 6.07) is 12.0. The number of para-hydroxylation sites is 2. The van der Waals surface area contributed by atoms with Gasteiger partial charge in [-0.25, -0.2) is 4.98 Å². The van der Waals surface area contributed by atoms with Crippen LogP contribution in [0.3, 0.4) is 0 Å². The van der Waals surface area contributed by atoms with Gasteiger partial charge in [0.25, 0.3) is 0 Å². The number of ketones is 1. The summed E-state index contributed by atoms with van der Waals surface area (Å²) in [5.74, 6) is 0.858. The second kappa shape index (κ2) is 7.81. The van der Waals surface area contributed by atoms with E-state index in [-0.39, 0.29) is 5.78 Å². The summed E-state index contributed by atoms with van der Waals surface area (Å²) in [7, 11) is 0. The minimum absolute atomic E-state index is 0.0207. The number of hydrogen-bond donors (Lipinski definition) is 0. The molecule has 0 fully saturated rings. The van der Waals surface area contributed by atoms with Crippen LogP contribution < -0.4 is 0 Å². The van der Waals surface area contributed by atoms with E-state index in [2.05, 4.69) is 51.4 Å². The molecule has 28 heavy (non-hydrogen) atoms. The minimum atomic E-state index is 0.0207. The van der Waals surface area contributed by atoms with Crippen LogP contribution in [-0.2, 0) is 6.54 Å². The number of nitrogens with zero attached hydrogens (tertiary/aromatic N) is 4. The lowest BCUT2D eigenvalue weighted by atomic mass is 10.2. The summed E-state index contributed by atoms with van der Waals surface area (Å²) >= 11 is 4.91. The molecular weight excluding hydrogens is 436 g/mol. The molecule has 0 atom stereocenters. The van der Waals surface area contributed by atoms with Gasteiger partial charge in [-0.1, -0.05) is 26.0 Å². The molecule has 4 rings (SSSR count). The molecule has 3 heterocycles. The van der Waals surface area contributed by atoms with Gasteiger partial charge in [0.15, 0.2) is 0 Å². The zero-order valence-corrected chi connectivity index (χ0v) is 18.7. The molecule has 0 radical (unpaired) electrons. The number of aromatic nitrogens is 3. The minimum Gasteiger partial charge on any atom is -0.308 e. The number of benzene rings is 1. The molecule has 0 saturated carbocycles. The lowest BCUT2D eigenvalue weighted by molar-refractivity contribution is 0.103. The number of thiophene rings is 1. The first-order chi connectivity index (χ1) is 13.5. The number of likely N-dealkylation sites (N-methyl/N-ethyl adjacent to an activating group) is 1. The Hall–Kier alpha value is -1.96. The van der Waals surface area contributed by atoms with Gasteiger partial charge in [0.2, 0.25) is 11.6 Å². The number of carbonyl (C=O) groups excluding carboxylic acids is 1. The van der Waals surface area contributed by atoms with E-state index in [1.54, 1.807) is 0 Å². The van der Waals surface area contributed by atoms with E-state index in [0.717, 1.165) is 57.3 Å². The molecule has 0 amide bonds. The number of imidazole rings is 2. The van der Waals surface area contributed by atoms with Crippen LogP contribution in [0.2, 0.25) is 0 Å². The van der Waals surface area contributed by atoms with Crippen molar-refractivity contribution in [1.29, 1.82) is 0 Å². The first kappa shape index (κ1) is 19.4. The predicted molar refractivity (Wildman–Crippen MR) is 119 cm³/mol. The molecule has 3 aromatic heterocycles. The van der Waals surface area contributed by atoms with Crippen molar-refractivity contribution < 1.29 is 4.79 Å². The highest BCUT2D eigenvalue weighted by atomic mass is 79.9. The summed E-state index contributed by atoms with van der Waals surface area (Å²) < 4.78 is 5.22. The maximum atomic E-state index is 13.3. The molecule has 0 bridgehead atoms. The molecule has 0 aliphatic carbocycles. The Morgan fingerprint density at radius 3 is 2.50 bits per heavy atom. The van der Waals surface area contributed by atoms with Crippen LogP contribution >= 0.6 is 27.3 Å². The lowest BCUT2D eigenvalue weighted by Crippen LogP contribution is -2.27. The SMILES string of the molecule is CCN(CC)CCn1c2ccccc2n2c(C(=O)c3ccc(Br)s3)c(C)nc12. The third-order valence-corrected chi connectivity index (χ3v) is 6.86. The van der Waals surface area contributed by atoms with Crippen LogP contribution in [0.5, 0.6) is 0 Å². The summed E-state index contributed by atoms with van der Waals surface area (Å²) in [5.41, 5.74) is 3.56. The second-order valence-corrected chi connectivity index (χ2v) is 9.24. The van der Waals surface area contributed by atoms with Crippen molar-refractivity contribution in [3.63, 3.8) is 0 Å². The Kier molecular flexibility index (Phi) is 5.40. The molecule has 0 aliphatic heterocycles. The van der Waals surface area contributed by atoms with Gasteiger partial charge >= 0.3 is 0 Å². The van der Waals surface area contributed by atoms with Crippen molar-refractivity contribution in [3.05, 3.63) is 56.4 Å². The quantitative estimate of drug-likeness (QED) is 0.366. The van der Waals surface area contributed by atoms with Crippen molar-refractivity contribution in [1.82, 2.24) is 18.9 Å². The maximum absolute atomic E-state index is 13.3. The van der Waals surface area contributed by atoms with E-state index in [1.807, 2.05) is 35.6 Å².